The van der Waals surface area contributed by atoms with Crippen LogP contribution < -0.4 is 20.7 Å². The molecule has 1 saturated carbocycles. The first-order chi connectivity index (χ1) is 27.7. The molecule has 0 spiro atoms. The van der Waals surface area contributed by atoms with Gasteiger partial charge in [0, 0.05) is 31.2 Å². The number of hydrogen-bond donors (Lipinski definition) is 4. The summed E-state index contributed by atoms with van der Waals surface area (Å²) in [6.45, 7) is 4.13. The molecule has 0 bridgehead atoms. The Bertz CT molecular complexity index is 2060. The number of carbonyl (C=O) groups excluding carboxylic acids is 1. The molecule has 60 heavy (non-hydrogen) atoms. The average molecular weight is 884 g/mol. The zero-order valence-electron chi connectivity index (χ0n) is 33.0. The maximum absolute atomic E-state index is 13.9. The van der Waals surface area contributed by atoms with Gasteiger partial charge in [-0.05, 0) is 105 Å². The molecule has 0 unspecified atom stereocenters. The van der Waals surface area contributed by atoms with E-state index in [1.165, 1.54) is 19.9 Å². The summed E-state index contributed by atoms with van der Waals surface area (Å²) < 4.78 is 153. The van der Waals surface area contributed by atoms with Crippen molar-refractivity contribution in [2.45, 2.75) is 96.0 Å². The van der Waals surface area contributed by atoms with Gasteiger partial charge in [-0.1, -0.05) is 13.0 Å². The molecule has 332 valence electrons. The molecule has 4 rings (SSSR count). The van der Waals surface area contributed by atoms with Crippen molar-refractivity contribution in [3.05, 3.63) is 81.7 Å². The van der Waals surface area contributed by atoms with Crippen LogP contribution >= 0.6 is 0 Å². The Labute approximate surface area is 340 Å². The molecule has 1 aliphatic rings. The van der Waals surface area contributed by atoms with Crippen LogP contribution in [-0.4, -0.2) is 66.6 Å². The first-order valence-electron chi connectivity index (χ1n) is 18.9. The van der Waals surface area contributed by atoms with E-state index < -0.39 is 87.0 Å². The fourth-order valence-corrected chi connectivity index (χ4v) is 7.22. The molecule has 2 aromatic carbocycles. The Kier molecular flexibility index (Phi) is 15.5. The van der Waals surface area contributed by atoms with Crippen molar-refractivity contribution >= 4 is 27.7 Å². The van der Waals surface area contributed by atoms with Crippen LogP contribution in [0.2, 0.25) is 0 Å². The summed E-state index contributed by atoms with van der Waals surface area (Å²) in [6, 6.07) is 2.73. The lowest BCUT2D eigenvalue weighted by Crippen LogP contribution is -2.39. The highest BCUT2D eigenvalue weighted by Crippen LogP contribution is 2.40. The summed E-state index contributed by atoms with van der Waals surface area (Å²) in [7, 11) is -3.56. The molecule has 0 aliphatic heterocycles. The van der Waals surface area contributed by atoms with Crippen LogP contribution in [0, 0.1) is 11.8 Å². The number of aromatic nitrogens is 2. The lowest BCUT2D eigenvalue weighted by atomic mass is 9.80. The second kappa shape index (κ2) is 19.4. The highest BCUT2D eigenvalue weighted by atomic mass is 32.2. The largest absolute Gasteiger partial charge is 0.489 e. The Morgan fingerprint density at radius 3 is 2.00 bits per heavy atom. The Hall–Kier alpha value is -4.66. The van der Waals surface area contributed by atoms with E-state index in [9.17, 15) is 57.5 Å². The number of anilines is 1. The molecule has 3 aromatic rings. The summed E-state index contributed by atoms with van der Waals surface area (Å²) >= 11 is 0. The number of halogens is 9. The lowest BCUT2D eigenvalue weighted by molar-refractivity contribution is -0.143. The number of aliphatic carboxylic acids is 1. The van der Waals surface area contributed by atoms with Crippen LogP contribution in [0.1, 0.15) is 104 Å². The molecular weight excluding hydrogens is 838 g/mol. The predicted molar refractivity (Wildman–Crippen MR) is 202 cm³/mol. The van der Waals surface area contributed by atoms with Crippen molar-refractivity contribution in [3.8, 4) is 5.75 Å². The SMILES string of the molecule is C[C@@H](c1cc(C(F)(F)F)cc(C(F)(F)F)c1)c1nc(NCc2cc(C(F)(F)F)ccc2[C@H](C)NCC2CCC(CC(=O)N[C@@H](C)C(=O)O)CC2)ncc1OCCS(C)(=O)=O. The average Bonchev–Trinajstić information content (AvgIpc) is 3.14. The highest BCUT2D eigenvalue weighted by molar-refractivity contribution is 7.90. The van der Waals surface area contributed by atoms with E-state index >= 15 is 0 Å². The number of nitrogens with one attached hydrogen (secondary N) is 3. The summed E-state index contributed by atoms with van der Waals surface area (Å²) in [5, 5.41) is 17.6. The number of benzene rings is 2. The van der Waals surface area contributed by atoms with Gasteiger partial charge in [-0.3, -0.25) is 9.59 Å². The van der Waals surface area contributed by atoms with E-state index in [2.05, 4.69) is 25.9 Å². The number of carboxylic acid groups (broad SMARTS) is 1. The minimum Gasteiger partial charge on any atom is -0.489 e. The van der Waals surface area contributed by atoms with Crippen molar-refractivity contribution in [1.29, 1.82) is 0 Å². The molecule has 0 saturated heterocycles. The zero-order valence-corrected chi connectivity index (χ0v) is 33.8. The van der Waals surface area contributed by atoms with Gasteiger partial charge in [0.2, 0.25) is 11.9 Å². The van der Waals surface area contributed by atoms with Gasteiger partial charge in [-0.2, -0.15) is 39.5 Å². The molecule has 11 nitrogen and oxygen atoms in total. The third kappa shape index (κ3) is 14.0. The van der Waals surface area contributed by atoms with E-state index in [0.717, 1.165) is 50.3 Å². The monoisotopic (exact) mass is 883 g/mol. The van der Waals surface area contributed by atoms with Gasteiger partial charge < -0.3 is 25.8 Å². The van der Waals surface area contributed by atoms with Crippen LogP contribution in [0.25, 0.3) is 0 Å². The molecule has 1 amide bonds. The van der Waals surface area contributed by atoms with Crippen molar-refractivity contribution in [3.63, 3.8) is 0 Å². The standard InChI is InChI=1S/C39H46F9N5O6S/c1-21(26-14-29(38(43,44)45)17-30(15-26)39(46,47)48)34-32(59-11-12-60(4,57)58)20-51-36(53-34)50-19-27-16-28(37(40,41)42)9-10-31(27)22(2)49-18-25-7-5-24(6-8-25)13-33(54)52-23(3)35(55)56/h9-10,14-17,20-25,49H,5-8,11-13,18-19H2,1-4H3,(H,52,54)(H,55,56)(H,50,51,53)/t21-,22-,23-,24?,25?/m0/s1. The minimum absolute atomic E-state index is 0.0310. The van der Waals surface area contributed by atoms with E-state index in [0.29, 0.717) is 24.2 Å². The van der Waals surface area contributed by atoms with Crippen molar-refractivity contribution in [2.75, 3.05) is 30.5 Å². The van der Waals surface area contributed by atoms with Crippen LogP contribution in [0.4, 0.5) is 45.5 Å². The highest BCUT2D eigenvalue weighted by Gasteiger charge is 2.38. The number of ether oxygens (including phenoxy) is 1. The van der Waals surface area contributed by atoms with Crippen molar-refractivity contribution in [2.24, 2.45) is 11.8 Å². The number of rotatable bonds is 17. The first kappa shape index (κ1) is 48.0. The van der Waals surface area contributed by atoms with Gasteiger partial charge in [0.15, 0.2) is 15.6 Å². The molecule has 3 atom stereocenters. The molecule has 21 heteroatoms. The van der Waals surface area contributed by atoms with Gasteiger partial charge in [-0.25, -0.2) is 18.4 Å². The third-order valence-electron chi connectivity index (χ3n) is 10.3. The predicted octanol–water partition coefficient (Wildman–Crippen LogP) is 8.16. The number of amides is 1. The smallest absolute Gasteiger partial charge is 0.416 e. The van der Waals surface area contributed by atoms with E-state index in [1.807, 2.05) is 0 Å². The fraction of sp³-hybridized carbons (Fsp3) is 0.538. The number of carbonyl (C=O) groups is 2. The second-order valence-electron chi connectivity index (χ2n) is 15.1. The minimum atomic E-state index is -5.15. The Morgan fingerprint density at radius 1 is 0.867 bits per heavy atom. The van der Waals surface area contributed by atoms with Crippen molar-refractivity contribution in [1.82, 2.24) is 20.6 Å². The van der Waals surface area contributed by atoms with E-state index in [1.54, 1.807) is 6.92 Å². The second-order valence-corrected chi connectivity index (χ2v) is 17.4. The molecule has 1 aliphatic carbocycles. The topological polar surface area (TPSA) is 160 Å². The lowest BCUT2D eigenvalue weighted by Gasteiger charge is -2.30. The normalized spacial score (nSPS) is 18.0. The summed E-state index contributed by atoms with van der Waals surface area (Å²) in [4.78, 5) is 31.7. The molecule has 4 N–H and O–H groups in total. The van der Waals surface area contributed by atoms with Crippen LogP contribution in [0.15, 0.2) is 42.6 Å². The zero-order chi connectivity index (χ0) is 44.8. The van der Waals surface area contributed by atoms with Crippen molar-refractivity contribution < 1.29 is 67.4 Å². The Balaban J connectivity index is 1.56. The maximum atomic E-state index is 13.9. The number of hydrogen-bond acceptors (Lipinski definition) is 9. The fourth-order valence-electron chi connectivity index (χ4n) is 6.83. The molecule has 1 aromatic heterocycles. The third-order valence-corrected chi connectivity index (χ3v) is 11.2. The quantitative estimate of drug-likeness (QED) is 0.0975. The summed E-state index contributed by atoms with van der Waals surface area (Å²) in [5.74, 6) is -3.54. The van der Waals surface area contributed by atoms with E-state index in [4.69, 9.17) is 9.84 Å². The molecule has 1 heterocycles. The van der Waals surface area contributed by atoms with Crippen LogP contribution in [0.5, 0.6) is 5.75 Å². The molecule has 0 radical (unpaired) electrons. The Morgan fingerprint density at radius 2 is 1.45 bits per heavy atom. The van der Waals surface area contributed by atoms with E-state index in [-0.39, 0.29) is 59.7 Å². The number of nitrogens with zero attached hydrogens (tertiary/aromatic N) is 2. The number of sulfone groups is 1. The number of carboxylic acids is 1. The van der Waals surface area contributed by atoms with Crippen LogP contribution in [0.3, 0.4) is 0 Å². The number of alkyl halides is 9. The van der Waals surface area contributed by atoms with Crippen LogP contribution in [-0.2, 0) is 44.5 Å². The molecular formula is C39H46F9N5O6S. The summed E-state index contributed by atoms with van der Waals surface area (Å²) in [5.41, 5.74) is -4.14. The maximum Gasteiger partial charge on any atom is 0.416 e. The molecule has 1 fully saturated rings. The first-order valence-corrected chi connectivity index (χ1v) is 20.9. The van der Waals surface area contributed by atoms with Gasteiger partial charge in [0.25, 0.3) is 0 Å². The van der Waals surface area contributed by atoms with Gasteiger partial charge in [-0.15, -0.1) is 0 Å². The summed E-state index contributed by atoms with van der Waals surface area (Å²) in [6.07, 6.45) is -9.88. The van der Waals surface area contributed by atoms with Gasteiger partial charge >= 0.3 is 24.5 Å². The van der Waals surface area contributed by atoms with Gasteiger partial charge in [0.05, 0.1) is 34.3 Å². The van der Waals surface area contributed by atoms with Gasteiger partial charge in [0.1, 0.15) is 12.6 Å².